The zero-order valence-electron chi connectivity index (χ0n) is 22.1. The van der Waals surface area contributed by atoms with Gasteiger partial charge in [0.1, 0.15) is 22.4 Å². The van der Waals surface area contributed by atoms with Gasteiger partial charge in [0.15, 0.2) is 5.72 Å². The number of nitrogens with one attached hydrogen (secondary N) is 2. The van der Waals surface area contributed by atoms with Crippen LogP contribution in [-0.4, -0.2) is 71.9 Å². The van der Waals surface area contributed by atoms with Crippen molar-refractivity contribution >= 4 is 33.3 Å². The topological polar surface area (TPSA) is 146 Å². The van der Waals surface area contributed by atoms with E-state index < -0.39 is 23.3 Å². The smallest absolute Gasteiger partial charge is 0.224 e. The standard InChI is InChI=1S/C27H36N6O4S/c1-14-19(24-31-21-18(38-24)9-11-28-20(21)15-6-7-15)23(32-25(30-14)29-13-16-5-4-12-37-16)33-27(36)10-8-17(22(27)34)26(2,3)35/h9,11,15-17,22,34-36H,4-8,10,12-13H2,1-3H3,(H2,29,30,32,33)/t16-,17-,22+,27+/m0/s1. The molecule has 0 amide bonds. The average Bonchev–Trinajstić information content (AvgIpc) is 3.25. The predicted molar refractivity (Wildman–Crippen MR) is 146 cm³/mol. The molecule has 11 heteroatoms. The van der Waals surface area contributed by atoms with E-state index in [0.717, 1.165) is 53.2 Å². The van der Waals surface area contributed by atoms with E-state index in [2.05, 4.69) is 15.6 Å². The Hall–Kier alpha value is -2.44. The number of hydrogen-bond acceptors (Lipinski definition) is 11. The first kappa shape index (κ1) is 25.8. The minimum Gasteiger partial charge on any atom is -0.390 e. The van der Waals surface area contributed by atoms with Crippen LogP contribution in [0, 0.1) is 12.8 Å². The van der Waals surface area contributed by atoms with E-state index in [1.165, 1.54) is 0 Å². The lowest BCUT2D eigenvalue weighted by molar-refractivity contribution is -0.0926. The van der Waals surface area contributed by atoms with Crippen molar-refractivity contribution in [3.63, 3.8) is 0 Å². The molecule has 204 valence electrons. The summed E-state index contributed by atoms with van der Waals surface area (Å²) >= 11 is 1.54. The van der Waals surface area contributed by atoms with E-state index >= 15 is 0 Å². The summed E-state index contributed by atoms with van der Waals surface area (Å²) in [6.07, 6.45) is 5.79. The molecule has 3 fully saturated rings. The van der Waals surface area contributed by atoms with Gasteiger partial charge in [-0.15, -0.1) is 11.3 Å². The second-order valence-electron chi connectivity index (χ2n) is 11.5. The predicted octanol–water partition coefficient (Wildman–Crippen LogP) is 3.57. The van der Waals surface area contributed by atoms with E-state index in [4.69, 9.17) is 19.7 Å². The summed E-state index contributed by atoms with van der Waals surface area (Å²) in [4.78, 5) is 19.1. The highest BCUT2D eigenvalue weighted by Crippen LogP contribution is 2.46. The largest absolute Gasteiger partial charge is 0.390 e. The summed E-state index contributed by atoms with van der Waals surface area (Å²) in [6, 6.07) is 1.98. The van der Waals surface area contributed by atoms with Crippen LogP contribution in [0.1, 0.15) is 69.7 Å². The molecule has 3 aliphatic rings. The number of aliphatic hydroxyl groups excluding tert-OH is 1. The number of rotatable bonds is 8. The molecule has 5 N–H and O–H groups in total. The van der Waals surface area contributed by atoms with Crippen molar-refractivity contribution in [3.8, 4) is 10.6 Å². The average molecular weight is 541 g/mol. The molecule has 0 radical (unpaired) electrons. The highest BCUT2D eigenvalue weighted by Gasteiger charge is 2.52. The Labute approximate surface area is 225 Å². The summed E-state index contributed by atoms with van der Waals surface area (Å²) in [5, 5.41) is 40.4. The van der Waals surface area contributed by atoms with Crippen molar-refractivity contribution in [2.24, 2.45) is 5.92 Å². The molecule has 10 nitrogen and oxygen atoms in total. The van der Waals surface area contributed by atoms with Gasteiger partial charge in [-0.25, -0.2) is 9.97 Å². The number of fused-ring (bicyclic) bond motifs is 1. The molecule has 38 heavy (non-hydrogen) atoms. The van der Waals surface area contributed by atoms with Gasteiger partial charge in [0.25, 0.3) is 0 Å². The van der Waals surface area contributed by atoms with Crippen molar-refractivity contribution in [2.45, 2.75) is 88.7 Å². The Morgan fingerprint density at radius 2 is 2.00 bits per heavy atom. The molecule has 2 aliphatic carbocycles. The number of pyridine rings is 1. The number of ether oxygens (including phenoxy) is 1. The molecule has 0 bridgehead atoms. The van der Waals surface area contributed by atoms with Crippen LogP contribution in [0.15, 0.2) is 12.3 Å². The third-order valence-corrected chi connectivity index (χ3v) is 9.10. The van der Waals surface area contributed by atoms with Crippen LogP contribution in [0.5, 0.6) is 0 Å². The molecule has 0 aromatic carbocycles. The van der Waals surface area contributed by atoms with Gasteiger partial charge < -0.3 is 30.7 Å². The molecule has 4 atom stereocenters. The van der Waals surface area contributed by atoms with Gasteiger partial charge in [-0.3, -0.25) is 4.98 Å². The molecule has 0 spiro atoms. The van der Waals surface area contributed by atoms with Crippen LogP contribution in [0.25, 0.3) is 20.8 Å². The Kier molecular flexibility index (Phi) is 6.55. The second kappa shape index (κ2) is 9.63. The van der Waals surface area contributed by atoms with Crippen molar-refractivity contribution < 1.29 is 20.1 Å². The molecule has 2 saturated carbocycles. The third-order valence-electron chi connectivity index (χ3n) is 8.06. The molecule has 3 aromatic heterocycles. The van der Waals surface area contributed by atoms with Gasteiger partial charge in [0.2, 0.25) is 5.95 Å². The molecule has 1 aliphatic heterocycles. The van der Waals surface area contributed by atoms with Crippen LogP contribution >= 0.6 is 11.3 Å². The summed E-state index contributed by atoms with van der Waals surface area (Å²) in [5.74, 6) is 0.783. The highest BCUT2D eigenvalue weighted by atomic mass is 32.1. The summed E-state index contributed by atoms with van der Waals surface area (Å²) < 4.78 is 6.78. The van der Waals surface area contributed by atoms with Crippen molar-refractivity contribution in [3.05, 3.63) is 23.7 Å². The van der Waals surface area contributed by atoms with Crippen molar-refractivity contribution in [1.82, 2.24) is 19.9 Å². The van der Waals surface area contributed by atoms with E-state index in [-0.39, 0.29) is 12.5 Å². The van der Waals surface area contributed by atoms with Gasteiger partial charge in [0.05, 0.1) is 33.4 Å². The number of nitrogens with zero attached hydrogens (tertiary/aromatic N) is 4. The fraction of sp³-hybridized carbons (Fsp3) is 0.630. The van der Waals surface area contributed by atoms with E-state index in [0.29, 0.717) is 41.9 Å². The van der Waals surface area contributed by atoms with Crippen LogP contribution in [0.3, 0.4) is 0 Å². The SMILES string of the molecule is Cc1nc(NC[C@@H]2CCCO2)nc(N[C@@]2(O)CC[C@H](C(C)(C)O)[C@H]2O)c1-c1nc2c(C3CC3)nccc2s1. The van der Waals surface area contributed by atoms with Gasteiger partial charge in [-0.1, -0.05) is 0 Å². The van der Waals surface area contributed by atoms with E-state index in [1.54, 1.807) is 25.2 Å². The molecule has 1 saturated heterocycles. The summed E-state index contributed by atoms with van der Waals surface area (Å²) in [6.45, 7) is 6.57. The van der Waals surface area contributed by atoms with Crippen LogP contribution < -0.4 is 10.6 Å². The second-order valence-corrected chi connectivity index (χ2v) is 12.5. The van der Waals surface area contributed by atoms with Gasteiger partial charge in [-0.05, 0) is 65.4 Å². The minimum atomic E-state index is -1.66. The lowest BCUT2D eigenvalue weighted by Gasteiger charge is -2.34. The Morgan fingerprint density at radius 1 is 1.18 bits per heavy atom. The normalized spacial score (nSPS) is 27.8. The summed E-state index contributed by atoms with van der Waals surface area (Å²) in [5.41, 5.74) is 0.524. The van der Waals surface area contributed by atoms with Gasteiger partial charge in [0, 0.05) is 31.2 Å². The van der Waals surface area contributed by atoms with Gasteiger partial charge in [-0.2, -0.15) is 4.98 Å². The van der Waals surface area contributed by atoms with Crippen molar-refractivity contribution in [1.29, 1.82) is 0 Å². The molecular formula is C27H36N6O4S. The molecule has 3 aromatic rings. The van der Waals surface area contributed by atoms with Crippen LogP contribution in [0.2, 0.25) is 0 Å². The number of aryl methyl sites for hydroxylation is 1. The first-order valence-corrected chi connectivity index (χ1v) is 14.3. The molecule has 6 rings (SSSR count). The van der Waals surface area contributed by atoms with E-state index in [1.807, 2.05) is 19.2 Å². The maximum atomic E-state index is 11.6. The number of aromatic nitrogens is 4. The Morgan fingerprint density at radius 3 is 2.68 bits per heavy atom. The summed E-state index contributed by atoms with van der Waals surface area (Å²) in [7, 11) is 0. The van der Waals surface area contributed by atoms with Crippen molar-refractivity contribution in [2.75, 3.05) is 23.8 Å². The monoisotopic (exact) mass is 540 g/mol. The highest BCUT2D eigenvalue weighted by molar-refractivity contribution is 7.21. The maximum Gasteiger partial charge on any atom is 0.224 e. The Bertz CT molecular complexity index is 1330. The van der Waals surface area contributed by atoms with Crippen LogP contribution in [-0.2, 0) is 4.74 Å². The zero-order valence-corrected chi connectivity index (χ0v) is 22.9. The molecule has 4 heterocycles. The molecule has 0 unspecified atom stereocenters. The lowest BCUT2D eigenvalue weighted by atomic mass is 9.87. The Balaban J connectivity index is 1.39. The number of hydrogen-bond donors (Lipinski definition) is 5. The van der Waals surface area contributed by atoms with Crippen LogP contribution in [0.4, 0.5) is 11.8 Å². The minimum absolute atomic E-state index is 0.112. The number of anilines is 2. The first-order valence-electron chi connectivity index (χ1n) is 13.5. The third kappa shape index (κ3) is 4.86. The fourth-order valence-electron chi connectivity index (χ4n) is 5.74. The quantitative estimate of drug-likeness (QED) is 0.269. The number of thiazole rings is 1. The zero-order chi connectivity index (χ0) is 26.7. The first-order chi connectivity index (χ1) is 18.1. The van der Waals surface area contributed by atoms with Gasteiger partial charge >= 0.3 is 0 Å². The molecular weight excluding hydrogens is 504 g/mol. The van der Waals surface area contributed by atoms with E-state index in [9.17, 15) is 15.3 Å². The number of aliphatic hydroxyl groups is 3. The fourth-order valence-corrected chi connectivity index (χ4v) is 6.81. The maximum absolute atomic E-state index is 11.6. The lowest BCUT2D eigenvalue weighted by Crippen LogP contribution is -2.51.